The zero-order valence-corrected chi connectivity index (χ0v) is 15.9. The van der Waals surface area contributed by atoms with E-state index in [1.807, 2.05) is 6.92 Å². The summed E-state index contributed by atoms with van der Waals surface area (Å²) in [6, 6.07) is 4.71. The Hall–Kier alpha value is -2.84. The van der Waals surface area contributed by atoms with Crippen molar-refractivity contribution >= 4 is 22.6 Å². The smallest absolute Gasteiger partial charge is 0.325 e. The minimum absolute atomic E-state index is 0.0467. The van der Waals surface area contributed by atoms with Gasteiger partial charge in [-0.05, 0) is 43.9 Å². The van der Waals surface area contributed by atoms with Crippen LogP contribution < -0.4 is 5.56 Å². The molecule has 3 aromatic heterocycles. The molecule has 1 aliphatic rings. The third-order valence-corrected chi connectivity index (χ3v) is 5.38. The van der Waals surface area contributed by atoms with E-state index in [0.717, 1.165) is 4.90 Å². The van der Waals surface area contributed by atoms with Crippen LogP contribution in [0.4, 0.5) is 13.2 Å². The first-order valence-corrected chi connectivity index (χ1v) is 9.71. The van der Waals surface area contributed by atoms with Crippen molar-refractivity contribution in [3.63, 3.8) is 0 Å². The van der Waals surface area contributed by atoms with Crippen molar-refractivity contribution in [2.24, 2.45) is 0 Å². The third kappa shape index (κ3) is 3.28. The molecule has 0 saturated carbocycles. The van der Waals surface area contributed by atoms with E-state index in [9.17, 15) is 22.8 Å². The Bertz CT molecular complexity index is 1130. The van der Waals surface area contributed by atoms with Crippen molar-refractivity contribution in [2.75, 3.05) is 6.54 Å². The van der Waals surface area contributed by atoms with Crippen LogP contribution in [-0.2, 0) is 6.54 Å². The van der Waals surface area contributed by atoms with Crippen molar-refractivity contribution in [3.8, 4) is 0 Å². The summed E-state index contributed by atoms with van der Waals surface area (Å²) in [4.78, 5) is 31.5. The summed E-state index contributed by atoms with van der Waals surface area (Å²) in [7, 11) is 0. The van der Waals surface area contributed by atoms with E-state index in [1.54, 1.807) is 29.0 Å². The van der Waals surface area contributed by atoms with Crippen LogP contribution in [0, 0.1) is 0 Å². The van der Waals surface area contributed by atoms with E-state index in [0.29, 0.717) is 37.1 Å². The number of hydrogen-bond donors (Lipinski definition) is 0. The van der Waals surface area contributed by atoms with Gasteiger partial charge in [0, 0.05) is 19.3 Å². The van der Waals surface area contributed by atoms with Crippen LogP contribution in [0.3, 0.4) is 0 Å². The highest BCUT2D eigenvalue weighted by Gasteiger charge is 2.46. The van der Waals surface area contributed by atoms with Crippen LogP contribution in [0.5, 0.6) is 0 Å². The number of likely N-dealkylation sites (tertiary alicyclic amines) is 1. The zero-order valence-electron chi connectivity index (χ0n) is 15.9. The molecule has 1 unspecified atom stereocenters. The van der Waals surface area contributed by atoms with Gasteiger partial charge < -0.3 is 9.47 Å². The molecule has 4 heterocycles. The first-order chi connectivity index (χ1) is 13.8. The van der Waals surface area contributed by atoms with Crippen LogP contribution in [0.15, 0.2) is 35.3 Å². The molecule has 1 fully saturated rings. The van der Waals surface area contributed by atoms with Gasteiger partial charge in [-0.3, -0.25) is 14.0 Å². The molecule has 0 aliphatic carbocycles. The molecule has 0 radical (unpaired) electrons. The molecule has 9 heteroatoms. The molecule has 1 saturated heterocycles. The predicted molar refractivity (Wildman–Crippen MR) is 102 cm³/mol. The third-order valence-electron chi connectivity index (χ3n) is 5.38. The average molecular weight is 406 g/mol. The second-order valence-electron chi connectivity index (χ2n) is 7.32. The SMILES string of the molecule is CCCn1c(C(=O)N2CCCCC2C(F)(F)F)cc2c(=O)n3ccccc3nc21. The first kappa shape index (κ1) is 19.5. The second-order valence-corrected chi connectivity index (χ2v) is 7.32. The van der Waals surface area contributed by atoms with E-state index in [-0.39, 0.29) is 29.6 Å². The summed E-state index contributed by atoms with van der Waals surface area (Å²) in [6.07, 6.45) is -1.41. The van der Waals surface area contributed by atoms with Crippen LogP contribution >= 0.6 is 0 Å². The predicted octanol–water partition coefficient (Wildman–Crippen LogP) is 3.62. The molecule has 4 rings (SSSR count). The number of alkyl halides is 3. The Morgan fingerprint density at radius 2 is 2.07 bits per heavy atom. The Labute approximate surface area is 164 Å². The molecular formula is C20H21F3N4O2. The summed E-state index contributed by atoms with van der Waals surface area (Å²) in [5.74, 6) is -0.702. The second kappa shape index (κ2) is 7.20. The highest BCUT2D eigenvalue weighted by molar-refractivity contribution is 5.98. The molecule has 1 aliphatic heterocycles. The number of rotatable bonds is 3. The van der Waals surface area contributed by atoms with Crippen LogP contribution in [0.2, 0.25) is 0 Å². The van der Waals surface area contributed by atoms with Gasteiger partial charge in [0.25, 0.3) is 11.5 Å². The molecule has 0 spiro atoms. The summed E-state index contributed by atoms with van der Waals surface area (Å²) in [5.41, 5.74) is 0.483. The van der Waals surface area contributed by atoms with Gasteiger partial charge in [-0.1, -0.05) is 13.0 Å². The Kier molecular flexibility index (Phi) is 4.84. The maximum absolute atomic E-state index is 13.5. The standard InChI is InChI=1S/C20H21F3N4O2/c1-2-9-25-14(19(29)26-10-5-3-7-15(26)20(21,22)23)12-13-17(25)24-16-8-4-6-11-27(16)18(13)28/h4,6,8,11-12,15H,2-3,5,7,9-10H2,1H3. The minimum Gasteiger partial charge on any atom is -0.325 e. The number of hydrogen-bond acceptors (Lipinski definition) is 3. The van der Waals surface area contributed by atoms with Crippen molar-refractivity contribution < 1.29 is 18.0 Å². The van der Waals surface area contributed by atoms with E-state index in [2.05, 4.69) is 4.98 Å². The Morgan fingerprint density at radius 3 is 2.79 bits per heavy atom. The summed E-state index contributed by atoms with van der Waals surface area (Å²) >= 11 is 0. The van der Waals surface area contributed by atoms with Gasteiger partial charge in [-0.15, -0.1) is 0 Å². The van der Waals surface area contributed by atoms with E-state index in [1.165, 1.54) is 10.5 Å². The fraction of sp³-hybridized carbons (Fsp3) is 0.450. The van der Waals surface area contributed by atoms with Crippen LogP contribution in [-0.4, -0.2) is 43.5 Å². The van der Waals surface area contributed by atoms with Crippen LogP contribution in [0.25, 0.3) is 16.7 Å². The van der Waals surface area contributed by atoms with Gasteiger partial charge in [0.2, 0.25) is 0 Å². The Balaban J connectivity index is 1.89. The molecule has 1 amide bonds. The maximum Gasteiger partial charge on any atom is 0.408 e. The molecule has 0 aromatic carbocycles. The number of amides is 1. The highest BCUT2D eigenvalue weighted by Crippen LogP contribution is 2.33. The van der Waals surface area contributed by atoms with Crippen LogP contribution in [0.1, 0.15) is 43.1 Å². The van der Waals surface area contributed by atoms with Gasteiger partial charge in [-0.25, -0.2) is 4.98 Å². The quantitative estimate of drug-likeness (QED) is 0.668. The topological polar surface area (TPSA) is 59.6 Å². The maximum atomic E-state index is 13.5. The molecule has 154 valence electrons. The van der Waals surface area contributed by atoms with Crippen molar-refractivity contribution in [3.05, 3.63) is 46.5 Å². The minimum atomic E-state index is -4.48. The number of carbonyl (C=O) groups excluding carboxylic acids is 1. The number of nitrogens with zero attached hydrogens (tertiary/aromatic N) is 4. The molecule has 0 N–H and O–H groups in total. The average Bonchev–Trinajstić information content (AvgIpc) is 3.06. The summed E-state index contributed by atoms with van der Waals surface area (Å²) in [6.45, 7) is 2.32. The monoisotopic (exact) mass is 406 g/mol. The lowest BCUT2D eigenvalue weighted by Crippen LogP contribution is -2.51. The van der Waals surface area contributed by atoms with Gasteiger partial charge in [0.15, 0.2) is 0 Å². The number of aromatic nitrogens is 3. The summed E-state index contributed by atoms with van der Waals surface area (Å²) in [5, 5.41) is 0.228. The normalized spacial score (nSPS) is 17.9. The van der Waals surface area contributed by atoms with E-state index >= 15 is 0 Å². The zero-order chi connectivity index (χ0) is 20.8. The molecule has 3 aromatic rings. The number of carbonyl (C=O) groups is 1. The molecular weight excluding hydrogens is 385 g/mol. The number of aryl methyl sites for hydroxylation is 1. The van der Waals surface area contributed by atoms with Crippen molar-refractivity contribution in [1.29, 1.82) is 0 Å². The van der Waals surface area contributed by atoms with Gasteiger partial charge in [-0.2, -0.15) is 13.2 Å². The molecule has 29 heavy (non-hydrogen) atoms. The number of fused-ring (bicyclic) bond motifs is 2. The van der Waals surface area contributed by atoms with Crippen molar-refractivity contribution in [1.82, 2.24) is 18.9 Å². The summed E-state index contributed by atoms with van der Waals surface area (Å²) < 4.78 is 43.5. The first-order valence-electron chi connectivity index (χ1n) is 9.71. The van der Waals surface area contributed by atoms with Gasteiger partial charge in [0.1, 0.15) is 23.0 Å². The lowest BCUT2D eigenvalue weighted by atomic mass is 10.0. The fourth-order valence-corrected chi connectivity index (χ4v) is 4.04. The highest BCUT2D eigenvalue weighted by atomic mass is 19.4. The Morgan fingerprint density at radius 1 is 1.28 bits per heavy atom. The number of halogens is 3. The number of piperidine rings is 1. The lowest BCUT2D eigenvalue weighted by Gasteiger charge is -2.36. The largest absolute Gasteiger partial charge is 0.408 e. The molecule has 0 bridgehead atoms. The fourth-order valence-electron chi connectivity index (χ4n) is 4.04. The number of pyridine rings is 1. The lowest BCUT2D eigenvalue weighted by molar-refractivity contribution is -0.183. The molecule has 1 atom stereocenters. The van der Waals surface area contributed by atoms with Crippen molar-refractivity contribution in [2.45, 2.75) is 51.4 Å². The van der Waals surface area contributed by atoms with Gasteiger partial charge in [0.05, 0.1) is 5.39 Å². The molecule has 6 nitrogen and oxygen atoms in total. The van der Waals surface area contributed by atoms with E-state index in [4.69, 9.17) is 0 Å². The van der Waals surface area contributed by atoms with Gasteiger partial charge >= 0.3 is 6.18 Å². The van der Waals surface area contributed by atoms with E-state index < -0.39 is 18.1 Å².